The average molecular weight is 305 g/mol. The first-order valence-corrected chi connectivity index (χ1v) is 7.88. The highest BCUT2D eigenvalue weighted by Crippen LogP contribution is 2.32. The molecule has 1 aromatic heterocycles. The van der Waals surface area contributed by atoms with Gasteiger partial charge in [-0.15, -0.1) is 0 Å². The van der Waals surface area contributed by atoms with E-state index in [1.807, 2.05) is 26.0 Å². The summed E-state index contributed by atoms with van der Waals surface area (Å²) in [6.45, 7) is 6.86. The number of carbonyl (C=O) groups is 1. The third-order valence-corrected chi connectivity index (χ3v) is 4.20. The van der Waals surface area contributed by atoms with E-state index in [2.05, 4.69) is 15.2 Å². The molecule has 1 aromatic rings. The minimum Gasteiger partial charge on any atom is -0.356 e. The predicted octanol–water partition coefficient (Wildman–Crippen LogP) is 2.02. The molecule has 6 heteroatoms. The maximum Gasteiger partial charge on any atom is 0.226 e. The molecule has 0 unspecified atom stereocenters. The molecule has 3 heterocycles. The van der Waals surface area contributed by atoms with Gasteiger partial charge in [-0.2, -0.15) is 0 Å². The van der Waals surface area contributed by atoms with Crippen molar-refractivity contribution < 1.29 is 14.3 Å². The quantitative estimate of drug-likeness (QED) is 0.925. The van der Waals surface area contributed by atoms with Crippen molar-refractivity contribution in [1.82, 2.24) is 4.98 Å². The Morgan fingerprint density at radius 3 is 2.50 bits per heavy atom. The molecule has 0 saturated carbocycles. The molecular weight excluding hydrogens is 282 g/mol. The smallest absolute Gasteiger partial charge is 0.226 e. The Morgan fingerprint density at radius 2 is 1.95 bits per heavy atom. The van der Waals surface area contributed by atoms with Gasteiger partial charge in [0.1, 0.15) is 5.82 Å². The van der Waals surface area contributed by atoms with E-state index in [1.54, 1.807) is 6.20 Å². The van der Waals surface area contributed by atoms with Crippen LogP contribution in [0.25, 0.3) is 0 Å². The van der Waals surface area contributed by atoms with Gasteiger partial charge >= 0.3 is 0 Å². The summed E-state index contributed by atoms with van der Waals surface area (Å²) in [5.74, 6) is 0.534. The molecule has 2 aliphatic heterocycles. The molecule has 120 valence electrons. The van der Waals surface area contributed by atoms with Gasteiger partial charge in [0.05, 0.1) is 25.1 Å². The monoisotopic (exact) mass is 305 g/mol. The van der Waals surface area contributed by atoms with Crippen molar-refractivity contribution in [3.63, 3.8) is 0 Å². The second kappa shape index (κ2) is 6.22. The van der Waals surface area contributed by atoms with E-state index in [0.717, 1.165) is 37.4 Å². The molecule has 6 nitrogen and oxygen atoms in total. The summed E-state index contributed by atoms with van der Waals surface area (Å²) in [5.41, 5.74) is 0.735. The third-order valence-electron chi connectivity index (χ3n) is 4.20. The minimum absolute atomic E-state index is 0.00463. The number of hydrogen-bond acceptors (Lipinski definition) is 5. The van der Waals surface area contributed by atoms with Gasteiger partial charge in [0, 0.05) is 31.8 Å². The molecule has 2 fully saturated rings. The van der Waals surface area contributed by atoms with Crippen molar-refractivity contribution in [3.05, 3.63) is 18.3 Å². The Kier molecular flexibility index (Phi) is 4.31. The van der Waals surface area contributed by atoms with Crippen LogP contribution in [0.2, 0.25) is 0 Å². The number of pyridine rings is 1. The van der Waals surface area contributed by atoms with Crippen molar-refractivity contribution in [2.45, 2.75) is 32.5 Å². The summed E-state index contributed by atoms with van der Waals surface area (Å²) in [4.78, 5) is 18.4. The molecular formula is C16H23N3O3. The Labute approximate surface area is 130 Å². The van der Waals surface area contributed by atoms with E-state index in [-0.39, 0.29) is 17.6 Å². The lowest BCUT2D eigenvalue weighted by Crippen LogP contribution is -2.45. The van der Waals surface area contributed by atoms with Crippen molar-refractivity contribution in [1.29, 1.82) is 0 Å². The second-order valence-electron chi connectivity index (χ2n) is 6.14. The third kappa shape index (κ3) is 3.23. The highest BCUT2D eigenvalue weighted by molar-refractivity contribution is 5.91. The zero-order valence-corrected chi connectivity index (χ0v) is 13.2. The standard InChI is InChI=1S/C16H23N3O3/c1-12(2)15(20)18-13-3-4-14(17-11-13)19-7-5-16(6-8-19)21-9-10-22-16/h3-4,11-12H,5-10H2,1-2H3,(H,18,20). The predicted molar refractivity (Wildman–Crippen MR) is 83.8 cm³/mol. The fourth-order valence-corrected chi connectivity index (χ4v) is 2.80. The average Bonchev–Trinajstić information content (AvgIpc) is 2.97. The van der Waals surface area contributed by atoms with Crippen LogP contribution in [0.15, 0.2) is 18.3 Å². The Morgan fingerprint density at radius 1 is 1.27 bits per heavy atom. The zero-order chi connectivity index (χ0) is 15.6. The number of nitrogens with one attached hydrogen (secondary N) is 1. The SMILES string of the molecule is CC(C)C(=O)Nc1ccc(N2CCC3(CC2)OCCO3)nc1. The van der Waals surface area contributed by atoms with Gasteiger partial charge in [-0.3, -0.25) is 4.79 Å². The summed E-state index contributed by atoms with van der Waals surface area (Å²) in [6, 6.07) is 3.85. The number of aromatic nitrogens is 1. The lowest BCUT2D eigenvalue weighted by Gasteiger charge is -2.38. The summed E-state index contributed by atoms with van der Waals surface area (Å²) >= 11 is 0. The van der Waals surface area contributed by atoms with E-state index >= 15 is 0 Å². The topological polar surface area (TPSA) is 63.7 Å². The van der Waals surface area contributed by atoms with Crippen LogP contribution >= 0.6 is 0 Å². The van der Waals surface area contributed by atoms with E-state index < -0.39 is 0 Å². The fourth-order valence-electron chi connectivity index (χ4n) is 2.80. The second-order valence-corrected chi connectivity index (χ2v) is 6.14. The maximum absolute atomic E-state index is 11.7. The summed E-state index contributed by atoms with van der Waals surface area (Å²) in [6.07, 6.45) is 3.43. The van der Waals surface area contributed by atoms with Crippen LogP contribution in [0.3, 0.4) is 0 Å². The largest absolute Gasteiger partial charge is 0.356 e. The molecule has 3 rings (SSSR count). The summed E-state index contributed by atoms with van der Waals surface area (Å²) in [5, 5.41) is 2.85. The number of nitrogens with zero attached hydrogens (tertiary/aromatic N) is 2. The molecule has 0 aliphatic carbocycles. The Hall–Kier alpha value is -1.66. The minimum atomic E-state index is -0.359. The summed E-state index contributed by atoms with van der Waals surface area (Å²) < 4.78 is 11.5. The van der Waals surface area contributed by atoms with Gasteiger partial charge in [0.15, 0.2) is 5.79 Å². The first-order chi connectivity index (χ1) is 10.6. The van der Waals surface area contributed by atoms with Crippen LogP contribution in [-0.4, -0.2) is 43.0 Å². The first-order valence-electron chi connectivity index (χ1n) is 7.88. The molecule has 2 aliphatic rings. The molecule has 1 amide bonds. The van der Waals surface area contributed by atoms with E-state index in [1.165, 1.54) is 0 Å². The fraction of sp³-hybridized carbons (Fsp3) is 0.625. The maximum atomic E-state index is 11.7. The van der Waals surface area contributed by atoms with Crippen molar-refractivity contribution >= 4 is 17.4 Å². The normalized spacial score (nSPS) is 20.6. The van der Waals surface area contributed by atoms with E-state index in [9.17, 15) is 4.79 Å². The Bertz CT molecular complexity index is 514. The van der Waals surface area contributed by atoms with Crippen LogP contribution < -0.4 is 10.2 Å². The van der Waals surface area contributed by atoms with Crippen molar-refractivity contribution in [2.75, 3.05) is 36.5 Å². The highest BCUT2D eigenvalue weighted by atomic mass is 16.7. The van der Waals surface area contributed by atoms with Crippen LogP contribution in [0.4, 0.5) is 11.5 Å². The first kappa shape index (κ1) is 15.2. The number of piperidine rings is 1. The molecule has 1 spiro atoms. The number of rotatable bonds is 3. The molecule has 2 saturated heterocycles. The van der Waals surface area contributed by atoms with Gasteiger partial charge in [0.2, 0.25) is 5.91 Å². The van der Waals surface area contributed by atoms with Gasteiger partial charge in [-0.25, -0.2) is 4.98 Å². The van der Waals surface area contributed by atoms with Crippen LogP contribution in [-0.2, 0) is 14.3 Å². The number of carbonyl (C=O) groups excluding carboxylic acids is 1. The van der Waals surface area contributed by atoms with Gasteiger partial charge in [-0.1, -0.05) is 13.8 Å². The molecule has 0 atom stereocenters. The van der Waals surface area contributed by atoms with Crippen LogP contribution in [0.1, 0.15) is 26.7 Å². The molecule has 1 N–H and O–H groups in total. The molecule has 0 radical (unpaired) electrons. The molecule has 0 aromatic carbocycles. The lowest BCUT2D eigenvalue weighted by atomic mass is 10.0. The van der Waals surface area contributed by atoms with Crippen LogP contribution in [0.5, 0.6) is 0 Å². The number of anilines is 2. The Balaban J connectivity index is 1.58. The number of amides is 1. The summed E-state index contributed by atoms with van der Waals surface area (Å²) in [7, 11) is 0. The number of ether oxygens (including phenoxy) is 2. The van der Waals surface area contributed by atoms with Crippen molar-refractivity contribution in [3.8, 4) is 0 Å². The van der Waals surface area contributed by atoms with Gasteiger partial charge < -0.3 is 19.7 Å². The van der Waals surface area contributed by atoms with Gasteiger partial charge in [-0.05, 0) is 12.1 Å². The lowest BCUT2D eigenvalue weighted by molar-refractivity contribution is -0.169. The molecule has 0 bridgehead atoms. The highest BCUT2D eigenvalue weighted by Gasteiger charge is 2.39. The zero-order valence-electron chi connectivity index (χ0n) is 13.2. The van der Waals surface area contributed by atoms with Crippen molar-refractivity contribution in [2.24, 2.45) is 5.92 Å². The van der Waals surface area contributed by atoms with E-state index in [4.69, 9.17) is 9.47 Å². The van der Waals surface area contributed by atoms with E-state index in [0.29, 0.717) is 13.2 Å². The number of hydrogen-bond donors (Lipinski definition) is 1. The van der Waals surface area contributed by atoms with Crippen LogP contribution in [0, 0.1) is 5.92 Å². The van der Waals surface area contributed by atoms with Gasteiger partial charge in [0.25, 0.3) is 0 Å². The molecule has 22 heavy (non-hydrogen) atoms.